The third-order valence-electron chi connectivity index (χ3n) is 5.49. The van der Waals surface area contributed by atoms with Gasteiger partial charge in [0.15, 0.2) is 9.84 Å². The first kappa shape index (κ1) is 20.9. The Labute approximate surface area is 182 Å². The highest BCUT2D eigenvalue weighted by atomic mass is 35.5. The lowest BCUT2D eigenvalue weighted by atomic mass is 9.99. The summed E-state index contributed by atoms with van der Waals surface area (Å²) in [5, 5.41) is 0.691. The van der Waals surface area contributed by atoms with E-state index in [-0.39, 0.29) is 10.8 Å². The Kier molecular flexibility index (Phi) is 5.89. The number of ether oxygens (including phenoxy) is 1. The normalized spacial score (nSPS) is 16.9. The molecule has 1 heterocycles. The third kappa shape index (κ3) is 4.87. The minimum absolute atomic E-state index is 0.124. The van der Waals surface area contributed by atoms with Crippen molar-refractivity contribution < 1.29 is 17.9 Å². The molecule has 0 N–H and O–H groups in total. The van der Waals surface area contributed by atoms with Crippen molar-refractivity contribution in [2.75, 3.05) is 26.0 Å². The van der Waals surface area contributed by atoms with Crippen LogP contribution >= 0.6 is 11.6 Å². The van der Waals surface area contributed by atoms with Gasteiger partial charge in [-0.2, -0.15) is 0 Å². The van der Waals surface area contributed by atoms with Crippen molar-refractivity contribution >= 4 is 32.9 Å². The topological polar surface area (TPSA) is 63.7 Å². The van der Waals surface area contributed by atoms with Gasteiger partial charge in [-0.05, 0) is 66.6 Å². The summed E-state index contributed by atoms with van der Waals surface area (Å²) in [5.74, 6) is 0.770. The number of nitrogens with zero attached hydrogens (tertiary/aromatic N) is 1. The fourth-order valence-corrected chi connectivity index (χ4v) is 4.25. The van der Waals surface area contributed by atoms with Crippen molar-refractivity contribution in [3.8, 4) is 5.75 Å². The smallest absolute Gasteiger partial charge is 0.257 e. The van der Waals surface area contributed by atoms with Crippen molar-refractivity contribution in [3.05, 3.63) is 64.7 Å². The maximum absolute atomic E-state index is 13.3. The van der Waals surface area contributed by atoms with Gasteiger partial charge in [0, 0.05) is 24.4 Å². The van der Waals surface area contributed by atoms with Gasteiger partial charge in [0.2, 0.25) is 0 Å². The number of hydrogen-bond donors (Lipinski definition) is 0. The molecule has 1 fully saturated rings. The molecule has 2 aromatic carbocycles. The molecule has 30 heavy (non-hydrogen) atoms. The molecule has 0 aromatic heterocycles. The van der Waals surface area contributed by atoms with Crippen LogP contribution in [-0.2, 0) is 9.84 Å². The summed E-state index contributed by atoms with van der Waals surface area (Å²) in [6.45, 7) is 1.57. The first-order valence-electron chi connectivity index (χ1n) is 10.0. The molecule has 5 nitrogen and oxygen atoms in total. The second kappa shape index (κ2) is 8.44. The zero-order valence-electron chi connectivity index (χ0n) is 16.8. The molecule has 7 heteroatoms. The quantitative estimate of drug-likeness (QED) is 0.658. The zero-order valence-corrected chi connectivity index (χ0v) is 18.4. The summed E-state index contributed by atoms with van der Waals surface area (Å²) < 4.78 is 29.9. The predicted molar refractivity (Wildman–Crippen MR) is 118 cm³/mol. The van der Waals surface area contributed by atoms with Crippen LogP contribution in [0.25, 0.3) is 5.57 Å². The summed E-state index contributed by atoms with van der Waals surface area (Å²) in [6, 6.07) is 12.2. The molecular weight excluding hydrogens is 422 g/mol. The van der Waals surface area contributed by atoms with Crippen molar-refractivity contribution in [2.45, 2.75) is 24.2 Å². The Morgan fingerprint density at radius 3 is 2.50 bits per heavy atom. The molecule has 2 aromatic rings. The zero-order chi connectivity index (χ0) is 21.3. The molecule has 0 unspecified atom stereocenters. The van der Waals surface area contributed by atoms with Crippen LogP contribution in [0.3, 0.4) is 0 Å². The summed E-state index contributed by atoms with van der Waals surface area (Å²) in [6.07, 6.45) is 6.17. The van der Waals surface area contributed by atoms with Crippen LogP contribution < -0.4 is 4.74 Å². The Balaban J connectivity index is 1.56. The van der Waals surface area contributed by atoms with E-state index >= 15 is 0 Å². The van der Waals surface area contributed by atoms with Crippen molar-refractivity contribution in [2.24, 2.45) is 5.92 Å². The van der Waals surface area contributed by atoms with Crippen LogP contribution in [0.4, 0.5) is 0 Å². The number of sulfone groups is 1. The molecule has 1 amide bonds. The van der Waals surface area contributed by atoms with E-state index in [1.807, 2.05) is 30.3 Å². The van der Waals surface area contributed by atoms with Crippen LogP contribution in [0.5, 0.6) is 5.75 Å². The number of benzene rings is 2. The summed E-state index contributed by atoms with van der Waals surface area (Å²) >= 11 is 5.96. The first-order valence-corrected chi connectivity index (χ1v) is 12.3. The summed E-state index contributed by atoms with van der Waals surface area (Å²) in [7, 11) is -3.42. The minimum Gasteiger partial charge on any atom is -0.492 e. The molecule has 1 aliphatic carbocycles. The average Bonchev–Trinajstić information content (AvgIpc) is 3.56. The van der Waals surface area contributed by atoms with E-state index in [0.717, 1.165) is 31.1 Å². The number of hydrogen-bond acceptors (Lipinski definition) is 4. The maximum atomic E-state index is 13.3. The van der Waals surface area contributed by atoms with Gasteiger partial charge in [0.1, 0.15) is 5.75 Å². The Hall–Kier alpha value is -2.31. The second-order valence-electron chi connectivity index (χ2n) is 7.92. The van der Waals surface area contributed by atoms with Crippen molar-refractivity contribution in [1.29, 1.82) is 0 Å². The van der Waals surface area contributed by atoms with Gasteiger partial charge in [-0.1, -0.05) is 29.8 Å². The lowest BCUT2D eigenvalue weighted by Gasteiger charge is -2.27. The van der Waals surface area contributed by atoms with Gasteiger partial charge in [0.05, 0.1) is 17.1 Å². The number of halogens is 1. The molecular formula is C23H24ClNO4S. The van der Waals surface area contributed by atoms with Gasteiger partial charge in [0.25, 0.3) is 5.91 Å². The number of amides is 1. The largest absolute Gasteiger partial charge is 0.492 e. The van der Waals surface area contributed by atoms with Crippen LogP contribution in [0.15, 0.2) is 53.4 Å². The van der Waals surface area contributed by atoms with E-state index in [2.05, 4.69) is 0 Å². The van der Waals surface area contributed by atoms with E-state index in [0.29, 0.717) is 41.9 Å². The predicted octanol–water partition coefficient (Wildman–Crippen LogP) is 4.46. The molecule has 1 saturated carbocycles. The molecule has 0 atom stereocenters. The number of carbonyl (C=O) groups is 1. The Bertz CT molecular complexity index is 1090. The Morgan fingerprint density at radius 1 is 1.17 bits per heavy atom. The molecule has 0 saturated heterocycles. The summed E-state index contributed by atoms with van der Waals surface area (Å²) in [5.41, 5.74) is 2.58. The number of carbonyl (C=O) groups excluding carboxylic acids is 1. The van der Waals surface area contributed by atoms with Crippen LogP contribution in [0, 0.1) is 5.92 Å². The third-order valence-corrected chi connectivity index (χ3v) is 6.85. The van der Waals surface area contributed by atoms with E-state index in [1.165, 1.54) is 17.7 Å². The number of rotatable bonds is 6. The lowest BCUT2D eigenvalue weighted by Crippen LogP contribution is -2.35. The highest BCUT2D eigenvalue weighted by Crippen LogP contribution is 2.32. The molecule has 0 radical (unpaired) electrons. The SMILES string of the molecule is CS(=O)(=O)c1ccc(OCC2CC2)c(C(=O)N2CC=C(c3ccc(Cl)cc3)CC2)c1. The maximum Gasteiger partial charge on any atom is 0.257 e. The second-order valence-corrected chi connectivity index (χ2v) is 10.4. The fourth-order valence-electron chi connectivity index (χ4n) is 3.47. The molecule has 4 rings (SSSR count). The molecule has 0 spiro atoms. The van der Waals surface area contributed by atoms with Crippen molar-refractivity contribution in [3.63, 3.8) is 0 Å². The van der Waals surface area contributed by atoms with Gasteiger partial charge in [-0.25, -0.2) is 8.42 Å². The average molecular weight is 446 g/mol. The van der Waals surface area contributed by atoms with Crippen LogP contribution in [-0.4, -0.2) is 45.2 Å². The first-order chi connectivity index (χ1) is 14.3. The highest BCUT2D eigenvalue weighted by molar-refractivity contribution is 7.90. The van der Waals surface area contributed by atoms with Crippen LogP contribution in [0.2, 0.25) is 5.02 Å². The van der Waals surface area contributed by atoms with Gasteiger partial charge >= 0.3 is 0 Å². The van der Waals surface area contributed by atoms with E-state index < -0.39 is 9.84 Å². The van der Waals surface area contributed by atoms with E-state index in [1.54, 1.807) is 11.0 Å². The van der Waals surface area contributed by atoms with Crippen LogP contribution in [0.1, 0.15) is 35.2 Å². The van der Waals surface area contributed by atoms with Gasteiger partial charge in [-0.3, -0.25) is 4.79 Å². The van der Waals surface area contributed by atoms with Crippen molar-refractivity contribution in [1.82, 2.24) is 4.90 Å². The van der Waals surface area contributed by atoms with Gasteiger partial charge < -0.3 is 9.64 Å². The lowest BCUT2D eigenvalue weighted by molar-refractivity contribution is 0.0768. The summed E-state index contributed by atoms with van der Waals surface area (Å²) in [4.78, 5) is 15.1. The molecule has 0 bridgehead atoms. The monoisotopic (exact) mass is 445 g/mol. The standard InChI is InChI=1S/C23H24ClNO4S/c1-30(27,28)20-8-9-22(29-15-16-2-3-16)21(14-20)23(26)25-12-10-18(11-13-25)17-4-6-19(24)7-5-17/h4-10,14,16H,2-3,11-13,15H2,1H3. The van der Waals surface area contributed by atoms with E-state index in [9.17, 15) is 13.2 Å². The fraction of sp³-hybridized carbons (Fsp3) is 0.348. The Morgan fingerprint density at radius 2 is 1.90 bits per heavy atom. The minimum atomic E-state index is -3.42. The molecule has 158 valence electrons. The highest BCUT2D eigenvalue weighted by Gasteiger charge is 2.26. The van der Waals surface area contributed by atoms with Gasteiger partial charge in [-0.15, -0.1) is 0 Å². The molecule has 2 aliphatic rings. The molecule has 1 aliphatic heterocycles. The van der Waals surface area contributed by atoms with E-state index in [4.69, 9.17) is 16.3 Å².